The van der Waals surface area contributed by atoms with E-state index in [0.29, 0.717) is 18.1 Å². The second-order valence-corrected chi connectivity index (χ2v) is 6.22. The SMILES string of the molecule is O=C(Oc1ccccc1)N1CCCC1c1ncc(-c2ccc(F)cc2)[nH]1. The van der Waals surface area contributed by atoms with Gasteiger partial charge in [0.25, 0.3) is 0 Å². The topological polar surface area (TPSA) is 58.2 Å². The molecule has 0 saturated carbocycles. The number of imidazole rings is 1. The molecule has 5 nitrogen and oxygen atoms in total. The standard InChI is InChI=1S/C20H18FN3O2/c21-15-10-8-14(9-11-15)17-13-22-19(23-17)18-7-4-12-24(18)20(25)26-16-5-2-1-3-6-16/h1-3,5-6,8-11,13,18H,4,7,12H2,(H,22,23). The van der Waals surface area contributed by atoms with Crippen molar-refractivity contribution in [2.24, 2.45) is 0 Å². The number of nitrogens with one attached hydrogen (secondary N) is 1. The third-order valence-corrected chi connectivity index (χ3v) is 4.50. The summed E-state index contributed by atoms with van der Waals surface area (Å²) >= 11 is 0. The lowest BCUT2D eigenvalue weighted by atomic mass is 10.2. The number of nitrogens with zero attached hydrogens (tertiary/aromatic N) is 2. The van der Waals surface area contributed by atoms with Gasteiger partial charge in [-0.05, 0) is 54.8 Å². The summed E-state index contributed by atoms with van der Waals surface area (Å²) in [5.74, 6) is 0.959. The molecule has 2 heterocycles. The van der Waals surface area contributed by atoms with E-state index in [-0.39, 0.29) is 18.0 Å². The number of halogens is 1. The summed E-state index contributed by atoms with van der Waals surface area (Å²) in [5.41, 5.74) is 1.64. The minimum absolute atomic E-state index is 0.152. The van der Waals surface area contributed by atoms with E-state index >= 15 is 0 Å². The van der Waals surface area contributed by atoms with Crippen LogP contribution in [-0.2, 0) is 0 Å². The monoisotopic (exact) mass is 351 g/mol. The van der Waals surface area contributed by atoms with E-state index in [2.05, 4.69) is 9.97 Å². The first-order valence-electron chi connectivity index (χ1n) is 8.55. The van der Waals surface area contributed by atoms with Crippen LogP contribution in [0.4, 0.5) is 9.18 Å². The van der Waals surface area contributed by atoms with Crippen molar-refractivity contribution < 1.29 is 13.9 Å². The van der Waals surface area contributed by atoms with Crippen LogP contribution in [0.5, 0.6) is 5.75 Å². The Morgan fingerprint density at radius 1 is 1.15 bits per heavy atom. The fourth-order valence-electron chi connectivity index (χ4n) is 3.20. The number of aromatic nitrogens is 2. The predicted octanol–water partition coefficient (Wildman–Crippen LogP) is 4.55. The average molecular weight is 351 g/mol. The quantitative estimate of drug-likeness (QED) is 0.753. The zero-order valence-corrected chi connectivity index (χ0v) is 14.1. The largest absolute Gasteiger partial charge is 0.415 e. The Kier molecular flexibility index (Phi) is 4.39. The Labute approximate surface area is 150 Å². The van der Waals surface area contributed by atoms with Gasteiger partial charge in [0.15, 0.2) is 0 Å². The number of hydrogen-bond acceptors (Lipinski definition) is 3. The number of carbonyl (C=O) groups excluding carboxylic acids is 1. The van der Waals surface area contributed by atoms with Crippen LogP contribution < -0.4 is 4.74 Å². The van der Waals surface area contributed by atoms with E-state index in [0.717, 1.165) is 24.1 Å². The van der Waals surface area contributed by atoms with E-state index in [1.807, 2.05) is 18.2 Å². The summed E-state index contributed by atoms with van der Waals surface area (Å²) in [4.78, 5) is 21.9. The van der Waals surface area contributed by atoms with Crippen LogP contribution >= 0.6 is 0 Å². The zero-order valence-electron chi connectivity index (χ0n) is 14.1. The molecule has 6 heteroatoms. The van der Waals surface area contributed by atoms with Gasteiger partial charge in [-0.15, -0.1) is 0 Å². The van der Waals surface area contributed by atoms with Crippen LogP contribution in [0, 0.1) is 5.82 Å². The molecule has 0 bridgehead atoms. The van der Waals surface area contributed by atoms with E-state index < -0.39 is 0 Å². The molecule has 3 aromatic rings. The molecule has 1 unspecified atom stereocenters. The molecule has 26 heavy (non-hydrogen) atoms. The number of amides is 1. The lowest BCUT2D eigenvalue weighted by Crippen LogP contribution is -2.33. The van der Waals surface area contributed by atoms with Crippen molar-refractivity contribution in [3.05, 3.63) is 72.4 Å². The Morgan fingerprint density at radius 2 is 1.92 bits per heavy atom. The molecular formula is C20H18FN3O2. The number of benzene rings is 2. The smallest absolute Gasteiger partial charge is 0.410 e. The minimum Gasteiger partial charge on any atom is -0.410 e. The molecule has 1 N–H and O–H groups in total. The number of hydrogen-bond donors (Lipinski definition) is 1. The first-order chi connectivity index (χ1) is 12.7. The molecule has 1 amide bonds. The van der Waals surface area contributed by atoms with Gasteiger partial charge in [-0.25, -0.2) is 14.2 Å². The fourth-order valence-corrected chi connectivity index (χ4v) is 3.20. The van der Waals surface area contributed by atoms with Gasteiger partial charge in [-0.1, -0.05) is 18.2 Å². The number of H-pyrrole nitrogens is 1. The molecule has 4 rings (SSSR count). The second-order valence-electron chi connectivity index (χ2n) is 6.22. The van der Waals surface area contributed by atoms with Crippen LogP contribution in [0.2, 0.25) is 0 Å². The van der Waals surface area contributed by atoms with E-state index in [4.69, 9.17) is 4.74 Å². The molecule has 0 radical (unpaired) electrons. The summed E-state index contributed by atoms with van der Waals surface area (Å²) in [5, 5.41) is 0. The summed E-state index contributed by atoms with van der Waals surface area (Å²) in [6, 6.07) is 15.1. The van der Waals surface area contributed by atoms with Crippen molar-refractivity contribution in [2.45, 2.75) is 18.9 Å². The van der Waals surface area contributed by atoms with Gasteiger partial charge >= 0.3 is 6.09 Å². The highest BCUT2D eigenvalue weighted by Crippen LogP contribution is 2.32. The maximum absolute atomic E-state index is 13.1. The van der Waals surface area contributed by atoms with Gasteiger partial charge in [0.1, 0.15) is 17.4 Å². The summed E-state index contributed by atoms with van der Waals surface area (Å²) in [6.07, 6.45) is 3.04. The maximum atomic E-state index is 13.1. The van der Waals surface area contributed by atoms with Crippen molar-refractivity contribution in [2.75, 3.05) is 6.54 Å². The molecule has 1 aliphatic heterocycles. The number of ether oxygens (including phenoxy) is 1. The van der Waals surface area contributed by atoms with Gasteiger partial charge in [-0.2, -0.15) is 0 Å². The second kappa shape index (κ2) is 7.00. The Hall–Kier alpha value is -3.15. The Morgan fingerprint density at radius 3 is 2.69 bits per heavy atom. The van der Waals surface area contributed by atoms with Crippen LogP contribution in [0.3, 0.4) is 0 Å². The summed E-state index contributed by atoms with van der Waals surface area (Å²) in [6.45, 7) is 0.628. The first kappa shape index (κ1) is 16.3. The summed E-state index contributed by atoms with van der Waals surface area (Å²) < 4.78 is 18.5. The third kappa shape index (κ3) is 3.31. The normalized spacial score (nSPS) is 16.7. The Balaban J connectivity index is 1.51. The lowest BCUT2D eigenvalue weighted by molar-refractivity contribution is 0.146. The number of aromatic amines is 1. The molecule has 0 spiro atoms. The summed E-state index contributed by atoms with van der Waals surface area (Å²) in [7, 11) is 0. The van der Waals surface area contributed by atoms with Crippen LogP contribution in [0.25, 0.3) is 11.3 Å². The molecular weight excluding hydrogens is 333 g/mol. The van der Waals surface area contributed by atoms with Gasteiger partial charge < -0.3 is 9.72 Å². The fraction of sp³-hybridized carbons (Fsp3) is 0.200. The molecule has 1 aliphatic rings. The number of carbonyl (C=O) groups is 1. The van der Waals surface area contributed by atoms with Gasteiger partial charge in [-0.3, -0.25) is 4.90 Å². The highest BCUT2D eigenvalue weighted by Gasteiger charge is 2.33. The predicted molar refractivity (Wildman–Crippen MR) is 95.1 cm³/mol. The molecule has 132 valence electrons. The van der Waals surface area contributed by atoms with Gasteiger partial charge in [0, 0.05) is 6.54 Å². The number of para-hydroxylation sites is 1. The maximum Gasteiger partial charge on any atom is 0.415 e. The van der Waals surface area contributed by atoms with Crippen LogP contribution in [0.15, 0.2) is 60.8 Å². The molecule has 1 aromatic heterocycles. The average Bonchev–Trinajstić information content (AvgIpc) is 3.32. The Bertz CT molecular complexity index is 893. The highest BCUT2D eigenvalue weighted by atomic mass is 19.1. The molecule has 1 fully saturated rings. The van der Waals surface area contributed by atoms with Crippen molar-refractivity contribution in [1.82, 2.24) is 14.9 Å². The van der Waals surface area contributed by atoms with Crippen LogP contribution in [0.1, 0.15) is 24.7 Å². The van der Waals surface area contributed by atoms with Gasteiger partial charge in [0.2, 0.25) is 0 Å². The lowest BCUT2D eigenvalue weighted by Gasteiger charge is -2.22. The van der Waals surface area contributed by atoms with Crippen molar-refractivity contribution in [3.8, 4) is 17.0 Å². The molecule has 1 saturated heterocycles. The third-order valence-electron chi connectivity index (χ3n) is 4.50. The molecule has 1 atom stereocenters. The van der Waals surface area contributed by atoms with Crippen LogP contribution in [-0.4, -0.2) is 27.5 Å². The first-order valence-corrected chi connectivity index (χ1v) is 8.55. The zero-order chi connectivity index (χ0) is 17.9. The minimum atomic E-state index is -0.376. The number of likely N-dealkylation sites (tertiary alicyclic amines) is 1. The molecule has 0 aliphatic carbocycles. The number of rotatable bonds is 3. The van der Waals surface area contributed by atoms with E-state index in [1.165, 1.54) is 12.1 Å². The van der Waals surface area contributed by atoms with Crippen molar-refractivity contribution in [1.29, 1.82) is 0 Å². The van der Waals surface area contributed by atoms with Crippen molar-refractivity contribution >= 4 is 6.09 Å². The highest BCUT2D eigenvalue weighted by molar-refractivity contribution is 5.71. The van der Waals surface area contributed by atoms with E-state index in [9.17, 15) is 9.18 Å². The van der Waals surface area contributed by atoms with E-state index in [1.54, 1.807) is 35.4 Å². The molecule has 2 aromatic carbocycles. The van der Waals surface area contributed by atoms with Crippen molar-refractivity contribution in [3.63, 3.8) is 0 Å². The van der Waals surface area contributed by atoms with Gasteiger partial charge in [0.05, 0.1) is 17.9 Å².